The van der Waals surface area contributed by atoms with Crippen LogP contribution < -0.4 is 10.8 Å². The van der Waals surface area contributed by atoms with Crippen molar-refractivity contribution in [3.05, 3.63) is 23.8 Å². The topological polar surface area (TPSA) is 85.5 Å². The number of halogens is 1. The average molecular weight is 487 g/mol. The van der Waals surface area contributed by atoms with Crippen LogP contribution in [0.1, 0.15) is 92.9 Å². The summed E-state index contributed by atoms with van der Waals surface area (Å²) in [6, 6.07) is 3.08. The van der Waals surface area contributed by atoms with Crippen molar-refractivity contribution in [1.82, 2.24) is 15.3 Å². The fourth-order valence-corrected chi connectivity index (χ4v) is 4.84. The lowest BCUT2D eigenvalue weighted by molar-refractivity contribution is 0.00578. The molecule has 2 fully saturated rings. The van der Waals surface area contributed by atoms with E-state index in [2.05, 4.69) is 22.2 Å². The number of fused-ring (bicyclic) bond motifs is 1. The average Bonchev–Trinajstić information content (AvgIpc) is 3.24. The van der Waals surface area contributed by atoms with E-state index in [9.17, 15) is 4.79 Å². The molecule has 7 nitrogen and oxygen atoms in total. The summed E-state index contributed by atoms with van der Waals surface area (Å²) in [6.07, 6.45) is 3.58. The minimum absolute atomic E-state index is 0.185. The number of ether oxygens (including phenoxy) is 1. The number of carbonyl (C=O) groups is 1. The Labute approximate surface area is 208 Å². The molecule has 0 unspecified atom stereocenters. The van der Waals surface area contributed by atoms with Gasteiger partial charge in [0.2, 0.25) is 0 Å². The molecule has 2 heterocycles. The van der Waals surface area contributed by atoms with Crippen LogP contribution in [0.5, 0.6) is 0 Å². The first-order valence-corrected chi connectivity index (χ1v) is 12.7. The maximum Gasteiger partial charge on any atom is 0.497 e. The molecule has 1 atom stereocenters. The summed E-state index contributed by atoms with van der Waals surface area (Å²) in [6.45, 7) is 15.5. The first-order chi connectivity index (χ1) is 16.2. The van der Waals surface area contributed by atoms with E-state index in [1.165, 1.54) is 0 Å². The van der Waals surface area contributed by atoms with Gasteiger partial charge in [-0.25, -0.2) is 14.2 Å². The molecule has 1 aromatic heterocycles. The second kappa shape index (κ2) is 9.07. The fourth-order valence-electron chi connectivity index (χ4n) is 4.84. The van der Waals surface area contributed by atoms with Gasteiger partial charge in [-0.05, 0) is 79.2 Å². The third-order valence-corrected chi connectivity index (χ3v) is 7.65. The molecule has 0 spiro atoms. The number of aromatic nitrogens is 2. The Hall–Kier alpha value is -2.13. The summed E-state index contributed by atoms with van der Waals surface area (Å²) in [7, 11) is -0.819. The number of hydrogen-bond donors (Lipinski definition) is 2. The van der Waals surface area contributed by atoms with Crippen LogP contribution in [0.4, 0.5) is 9.18 Å². The van der Waals surface area contributed by atoms with Gasteiger partial charge in [-0.3, -0.25) is 0 Å². The van der Waals surface area contributed by atoms with E-state index >= 15 is 4.39 Å². The molecule has 1 aliphatic heterocycles. The van der Waals surface area contributed by atoms with Gasteiger partial charge in [0.25, 0.3) is 0 Å². The molecule has 1 saturated carbocycles. The lowest BCUT2D eigenvalue weighted by Crippen LogP contribution is -2.41. The van der Waals surface area contributed by atoms with Gasteiger partial charge in [-0.15, -0.1) is 0 Å². The largest absolute Gasteiger partial charge is 0.497 e. The Morgan fingerprint density at radius 3 is 2.34 bits per heavy atom. The first kappa shape index (κ1) is 26.0. The van der Waals surface area contributed by atoms with Gasteiger partial charge in [0, 0.05) is 5.46 Å². The number of nitrogens with one attached hydrogen (secondary N) is 2. The lowest BCUT2D eigenvalue weighted by Gasteiger charge is -2.32. The minimum Gasteiger partial charge on any atom is -0.444 e. The smallest absolute Gasteiger partial charge is 0.444 e. The Balaban J connectivity index is 1.66. The highest BCUT2D eigenvalue weighted by atomic mass is 19.1. The number of hydrogen-bond acceptors (Lipinski definition) is 5. The van der Waals surface area contributed by atoms with E-state index in [0.717, 1.165) is 25.7 Å². The molecule has 192 valence electrons. The number of rotatable bonds is 4. The Morgan fingerprint density at radius 1 is 1.17 bits per heavy atom. The van der Waals surface area contributed by atoms with Crippen LogP contribution in [-0.4, -0.2) is 40.0 Å². The van der Waals surface area contributed by atoms with Gasteiger partial charge < -0.3 is 24.3 Å². The number of alkyl carbamates (subject to hydrolysis) is 1. The zero-order valence-corrected chi connectivity index (χ0v) is 22.3. The number of nitrogens with zero attached hydrogens (tertiary/aromatic N) is 1. The third kappa shape index (κ3) is 5.36. The zero-order chi connectivity index (χ0) is 25.8. The number of carbonyl (C=O) groups excluding carboxylic acids is 1. The van der Waals surface area contributed by atoms with Crippen LogP contribution in [0, 0.1) is 17.7 Å². The maximum atomic E-state index is 15.7. The van der Waals surface area contributed by atoms with E-state index < -0.39 is 41.9 Å². The standard InChI is InChI=1S/C26H39BFN3O4/c1-15-9-11-16(12-10-15)20(31-23(32)33-24(2,3)4)22-29-18-14-13-17(19(28)21(18)30-22)27-34-25(5,6)26(7,8)35-27/h13-16,20H,9-12H2,1-8H3,(H,29,30)(H,31,32)/t15?,16?,20-/m0/s1. The highest BCUT2D eigenvalue weighted by Crippen LogP contribution is 2.38. The Bertz CT molecular complexity index is 1070. The van der Waals surface area contributed by atoms with Gasteiger partial charge in [0.05, 0.1) is 22.8 Å². The fraction of sp³-hybridized carbons (Fsp3) is 0.692. The molecule has 1 aromatic carbocycles. The predicted octanol–water partition coefficient (Wildman–Crippen LogP) is 5.39. The molecule has 9 heteroatoms. The van der Waals surface area contributed by atoms with Crippen molar-refractivity contribution < 1.29 is 23.2 Å². The number of benzene rings is 1. The van der Waals surface area contributed by atoms with Crippen LogP contribution in [0.15, 0.2) is 12.1 Å². The first-order valence-electron chi connectivity index (χ1n) is 12.7. The lowest BCUT2D eigenvalue weighted by atomic mass is 9.78. The molecule has 2 N–H and O–H groups in total. The summed E-state index contributed by atoms with van der Waals surface area (Å²) in [4.78, 5) is 20.6. The molecule has 2 aliphatic rings. The molecule has 1 aliphatic carbocycles. The summed E-state index contributed by atoms with van der Waals surface area (Å²) in [5.41, 5.74) is -0.664. The molecule has 0 bridgehead atoms. The number of imidazole rings is 1. The van der Waals surface area contributed by atoms with Gasteiger partial charge in [-0.1, -0.05) is 25.8 Å². The molecule has 4 rings (SSSR count). The molecule has 1 amide bonds. The highest BCUT2D eigenvalue weighted by Gasteiger charge is 2.52. The Kier molecular flexibility index (Phi) is 6.73. The summed E-state index contributed by atoms with van der Waals surface area (Å²) in [5.74, 6) is 0.904. The van der Waals surface area contributed by atoms with Crippen LogP contribution in [0.3, 0.4) is 0 Å². The van der Waals surface area contributed by atoms with E-state index in [-0.39, 0.29) is 11.4 Å². The van der Waals surface area contributed by atoms with Crippen molar-refractivity contribution in [1.29, 1.82) is 0 Å². The summed E-state index contributed by atoms with van der Waals surface area (Å²) in [5, 5.41) is 3.02. The van der Waals surface area contributed by atoms with E-state index in [0.29, 0.717) is 22.7 Å². The molecular weight excluding hydrogens is 448 g/mol. The number of amides is 1. The molecule has 0 radical (unpaired) electrons. The predicted molar refractivity (Wildman–Crippen MR) is 135 cm³/mol. The molecule has 2 aromatic rings. The summed E-state index contributed by atoms with van der Waals surface area (Å²) >= 11 is 0. The third-order valence-electron chi connectivity index (χ3n) is 7.65. The molecular formula is C26H39BFN3O4. The van der Waals surface area contributed by atoms with Crippen molar-refractivity contribution >= 4 is 29.7 Å². The van der Waals surface area contributed by atoms with E-state index in [4.69, 9.17) is 14.0 Å². The second-order valence-corrected chi connectivity index (χ2v) is 12.2. The highest BCUT2D eigenvalue weighted by molar-refractivity contribution is 6.62. The van der Waals surface area contributed by atoms with Crippen LogP contribution in [0.2, 0.25) is 0 Å². The Morgan fingerprint density at radius 2 is 1.77 bits per heavy atom. The SMILES string of the molecule is CC1CCC([C@H](NC(=O)OC(C)(C)C)c2nc3c(F)c(B4OC(C)(C)C(C)(C)O4)ccc3[nH]2)CC1. The normalized spacial score (nSPS) is 25.0. The minimum atomic E-state index is -0.819. The number of aromatic amines is 1. The molecule has 1 saturated heterocycles. The summed E-state index contributed by atoms with van der Waals surface area (Å²) < 4.78 is 33.4. The van der Waals surface area contributed by atoms with Crippen molar-refractivity contribution in [2.24, 2.45) is 11.8 Å². The van der Waals surface area contributed by atoms with Crippen molar-refractivity contribution in [3.8, 4) is 0 Å². The van der Waals surface area contributed by atoms with E-state index in [1.807, 2.05) is 48.5 Å². The van der Waals surface area contributed by atoms with Crippen molar-refractivity contribution in [2.75, 3.05) is 0 Å². The van der Waals surface area contributed by atoms with Gasteiger partial charge in [0.15, 0.2) is 5.82 Å². The van der Waals surface area contributed by atoms with Gasteiger partial charge >= 0.3 is 13.2 Å². The molecule has 35 heavy (non-hydrogen) atoms. The van der Waals surface area contributed by atoms with Gasteiger partial charge in [-0.2, -0.15) is 0 Å². The zero-order valence-electron chi connectivity index (χ0n) is 22.3. The quantitative estimate of drug-likeness (QED) is 0.565. The maximum absolute atomic E-state index is 15.7. The van der Waals surface area contributed by atoms with E-state index in [1.54, 1.807) is 12.1 Å². The number of H-pyrrole nitrogens is 1. The van der Waals surface area contributed by atoms with Crippen LogP contribution in [0.25, 0.3) is 11.0 Å². The van der Waals surface area contributed by atoms with Crippen molar-refractivity contribution in [3.63, 3.8) is 0 Å². The van der Waals surface area contributed by atoms with Crippen LogP contribution >= 0.6 is 0 Å². The van der Waals surface area contributed by atoms with Crippen LogP contribution in [-0.2, 0) is 14.0 Å². The monoisotopic (exact) mass is 487 g/mol. The van der Waals surface area contributed by atoms with Gasteiger partial charge in [0.1, 0.15) is 16.9 Å². The second-order valence-electron chi connectivity index (χ2n) is 12.2. The van der Waals surface area contributed by atoms with Crippen molar-refractivity contribution in [2.45, 2.75) is 104 Å².